The van der Waals surface area contributed by atoms with Crippen LogP contribution in [0.3, 0.4) is 0 Å². The zero-order valence-corrected chi connectivity index (χ0v) is 14.9. The van der Waals surface area contributed by atoms with Gasteiger partial charge in [0.15, 0.2) is 9.04 Å². The first-order valence-electron chi connectivity index (χ1n) is 7.08. The highest BCUT2D eigenvalue weighted by atomic mass is 28.3. The third kappa shape index (κ3) is 4.46. The fraction of sp³-hybridized carbons (Fsp3) is 0.562. The van der Waals surface area contributed by atoms with E-state index in [1.165, 1.54) is 0 Å². The Balaban J connectivity index is 3.31. The van der Waals surface area contributed by atoms with E-state index in [1.807, 2.05) is 31.1 Å². The van der Waals surface area contributed by atoms with Gasteiger partial charge in [0.1, 0.15) is 6.29 Å². The van der Waals surface area contributed by atoms with E-state index in [-0.39, 0.29) is 11.5 Å². The first-order valence-corrected chi connectivity index (χ1v) is 9.86. The van der Waals surface area contributed by atoms with Gasteiger partial charge in [-0.1, -0.05) is 20.8 Å². The predicted octanol–water partition coefficient (Wildman–Crippen LogP) is 3.65. The smallest absolute Gasteiger partial charge is 0.171 e. The van der Waals surface area contributed by atoms with Crippen molar-refractivity contribution in [3.63, 3.8) is 0 Å². The molecule has 112 valence electrons. The van der Waals surface area contributed by atoms with Crippen LogP contribution < -0.4 is 4.90 Å². The molecule has 0 aliphatic rings. The van der Waals surface area contributed by atoms with Crippen molar-refractivity contribution in [3.8, 4) is 0 Å². The molecule has 1 rings (SSSR count). The molecule has 0 aliphatic heterocycles. The summed E-state index contributed by atoms with van der Waals surface area (Å²) >= 11 is 0. The average molecular weight is 293 g/mol. The molecule has 0 fully saturated rings. The number of carbonyl (C=O) groups excluding carboxylic acids is 1. The van der Waals surface area contributed by atoms with Crippen LogP contribution in [0.4, 0.5) is 5.69 Å². The number of nitrogens with zero attached hydrogens (tertiary/aromatic N) is 1. The second-order valence-electron chi connectivity index (χ2n) is 6.80. The first-order chi connectivity index (χ1) is 9.15. The van der Waals surface area contributed by atoms with Crippen molar-refractivity contribution in [2.45, 2.75) is 40.0 Å². The summed E-state index contributed by atoms with van der Waals surface area (Å²) in [6.07, 6.45) is 0.927. The molecular weight excluding hydrogens is 266 g/mol. The van der Waals surface area contributed by atoms with Gasteiger partial charge in [0.25, 0.3) is 0 Å². The number of benzene rings is 1. The zero-order valence-electron chi connectivity index (χ0n) is 13.7. The average Bonchev–Trinajstić information content (AvgIpc) is 2.33. The highest BCUT2D eigenvalue weighted by Crippen LogP contribution is 2.38. The van der Waals surface area contributed by atoms with Crippen molar-refractivity contribution in [2.24, 2.45) is 5.41 Å². The van der Waals surface area contributed by atoms with E-state index in [9.17, 15) is 4.79 Å². The standard InChI is InChI=1S/C16H27NO2Si/c1-16(2,3)15(19-20(6)7)13-8-12(11-18)9-14(10-13)17(4)5/h8-11,15,20H,1-7H3. The highest BCUT2D eigenvalue weighted by Gasteiger charge is 2.28. The molecule has 0 amide bonds. The highest BCUT2D eigenvalue weighted by molar-refractivity contribution is 6.48. The molecule has 0 radical (unpaired) electrons. The molecule has 0 saturated heterocycles. The minimum absolute atomic E-state index is 0.00234. The molecule has 1 aromatic rings. The van der Waals surface area contributed by atoms with Crippen LogP contribution in [0, 0.1) is 5.41 Å². The Morgan fingerprint density at radius 1 is 1.20 bits per heavy atom. The van der Waals surface area contributed by atoms with Crippen LogP contribution in [0.25, 0.3) is 0 Å². The molecule has 3 nitrogen and oxygen atoms in total. The van der Waals surface area contributed by atoms with Gasteiger partial charge in [-0.25, -0.2) is 0 Å². The number of rotatable bonds is 5. The molecule has 0 aliphatic carbocycles. The SMILES string of the molecule is CN(C)c1cc(C=O)cc(C(O[SiH](C)C)C(C)(C)C)c1. The maximum Gasteiger partial charge on any atom is 0.171 e. The summed E-state index contributed by atoms with van der Waals surface area (Å²) in [6, 6.07) is 5.98. The molecule has 4 heteroatoms. The van der Waals surface area contributed by atoms with Crippen LogP contribution in [-0.4, -0.2) is 29.4 Å². The van der Waals surface area contributed by atoms with Crippen molar-refractivity contribution in [1.82, 2.24) is 0 Å². The first kappa shape index (κ1) is 16.9. The Bertz CT molecular complexity index is 464. The summed E-state index contributed by atoms with van der Waals surface area (Å²) in [7, 11) is 2.80. The third-order valence-electron chi connectivity index (χ3n) is 3.11. The molecule has 0 aromatic heterocycles. The van der Waals surface area contributed by atoms with Crippen LogP contribution in [0.1, 0.15) is 42.8 Å². The number of aldehydes is 1. The Kier molecular flexibility index (Phi) is 5.54. The minimum Gasteiger partial charge on any atom is -0.413 e. The summed E-state index contributed by atoms with van der Waals surface area (Å²) in [5.41, 5.74) is 2.83. The molecule has 0 bridgehead atoms. The lowest BCUT2D eigenvalue weighted by atomic mass is 9.84. The molecule has 0 saturated carbocycles. The van der Waals surface area contributed by atoms with E-state index in [0.29, 0.717) is 5.56 Å². The largest absolute Gasteiger partial charge is 0.413 e. The van der Waals surface area contributed by atoms with Gasteiger partial charge in [0.05, 0.1) is 6.10 Å². The summed E-state index contributed by atoms with van der Waals surface area (Å²) in [6.45, 7) is 10.9. The molecule has 0 N–H and O–H groups in total. The zero-order chi connectivity index (χ0) is 15.5. The summed E-state index contributed by atoms with van der Waals surface area (Å²) < 4.78 is 6.24. The topological polar surface area (TPSA) is 29.5 Å². The molecule has 1 aromatic carbocycles. The van der Waals surface area contributed by atoms with Gasteiger partial charge in [-0.3, -0.25) is 4.79 Å². The quantitative estimate of drug-likeness (QED) is 0.613. The molecular formula is C16H27NO2Si. The Labute approximate surface area is 124 Å². The third-order valence-corrected chi connectivity index (χ3v) is 3.93. The van der Waals surface area contributed by atoms with Crippen LogP contribution in [-0.2, 0) is 4.43 Å². The Morgan fingerprint density at radius 2 is 1.80 bits per heavy atom. The monoisotopic (exact) mass is 293 g/mol. The van der Waals surface area contributed by atoms with Crippen molar-refractivity contribution in [2.75, 3.05) is 19.0 Å². The maximum absolute atomic E-state index is 11.2. The predicted molar refractivity (Wildman–Crippen MR) is 88.3 cm³/mol. The molecule has 20 heavy (non-hydrogen) atoms. The lowest BCUT2D eigenvalue weighted by molar-refractivity contribution is 0.0865. The van der Waals surface area contributed by atoms with E-state index in [2.05, 4.69) is 39.9 Å². The van der Waals surface area contributed by atoms with Gasteiger partial charge in [-0.15, -0.1) is 0 Å². The van der Waals surface area contributed by atoms with E-state index in [4.69, 9.17) is 4.43 Å². The van der Waals surface area contributed by atoms with Crippen molar-refractivity contribution in [3.05, 3.63) is 29.3 Å². The molecule has 1 atom stereocenters. The van der Waals surface area contributed by atoms with E-state index in [1.54, 1.807) is 0 Å². The molecule has 0 heterocycles. The summed E-state index contributed by atoms with van der Waals surface area (Å²) in [5.74, 6) is 0. The lowest BCUT2D eigenvalue weighted by Gasteiger charge is -2.33. The van der Waals surface area contributed by atoms with E-state index >= 15 is 0 Å². The summed E-state index contributed by atoms with van der Waals surface area (Å²) in [5, 5.41) is 0. The summed E-state index contributed by atoms with van der Waals surface area (Å²) in [4.78, 5) is 13.2. The van der Waals surface area contributed by atoms with Gasteiger partial charge in [0.2, 0.25) is 0 Å². The lowest BCUT2D eigenvalue weighted by Crippen LogP contribution is -2.26. The van der Waals surface area contributed by atoms with Gasteiger partial charge < -0.3 is 9.33 Å². The van der Waals surface area contributed by atoms with Gasteiger partial charge in [-0.05, 0) is 42.3 Å². The Hall–Kier alpha value is -1.13. The van der Waals surface area contributed by atoms with Crippen LogP contribution in [0.15, 0.2) is 18.2 Å². The minimum atomic E-state index is -1.16. The number of anilines is 1. The van der Waals surface area contributed by atoms with Crippen molar-refractivity contribution < 1.29 is 9.22 Å². The number of carbonyl (C=O) groups is 1. The van der Waals surface area contributed by atoms with Crippen molar-refractivity contribution in [1.29, 1.82) is 0 Å². The van der Waals surface area contributed by atoms with Gasteiger partial charge in [-0.2, -0.15) is 0 Å². The van der Waals surface area contributed by atoms with E-state index < -0.39 is 9.04 Å². The van der Waals surface area contributed by atoms with Crippen LogP contribution in [0.5, 0.6) is 0 Å². The fourth-order valence-corrected chi connectivity index (χ4v) is 3.30. The number of hydrogen-bond donors (Lipinski definition) is 0. The normalized spacial score (nSPS) is 13.4. The van der Waals surface area contributed by atoms with Crippen molar-refractivity contribution >= 4 is 21.0 Å². The second kappa shape index (κ2) is 6.55. The fourth-order valence-electron chi connectivity index (χ4n) is 2.19. The van der Waals surface area contributed by atoms with E-state index in [0.717, 1.165) is 17.5 Å². The molecule has 0 spiro atoms. The Morgan fingerprint density at radius 3 is 2.20 bits per heavy atom. The molecule has 1 unspecified atom stereocenters. The maximum atomic E-state index is 11.2. The number of hydrogen-bond acceptors (Lipinski definition) is 3. The van der Waals surface area contributed by atoms with Gasteiger partial charge in [0, 0.05) is 25.3 Å². The van der Waals surface area contributed by atoms with Crippen LogP contribution in [0.2, 0.25) is 13.1 Å². The van der Waals surface area contributed by atoms with Crippen LogP contribution >= 0.6 is 0 Å². The second-order valence-corrected chi connectivity index (χ2v) is 9.17. The van der Waals surface area contributed by atoms with Gasteiger partial charge >= 0.3 is 0 Å².